The fourth-order valence-corrected chi connectivity index (χ4v) is 4.69. The van der Waals surface area contributed by atoms with E-state index in [0.29, 0.717) is 25.2 Å². The molecule has 0 fully saturated rings. The number of unbranched alkanes of at least 4 members (excludes halogenated alkanes) is 3. The minimum atomic E-state index is -3.62. The summed E-state index contributed by atoms with van der Waals surface area (Å²) in [5, 5.41) is 0. The molecule has 1 N–H and O–H groups in total. The van der Waals surface area contributed by atoms with E-state index in [2.05, 4.69) is 23.8 Å². The van der Waals surface area contributed by atoms with Gasteiger partial charge in [0.2, 0.25) is 10.0 Å². The first kappa shape index (κ1) is 26.4. The first-order valence-corrected chi connectivity index (χ1v) is 13.5. The van der Waals surface area contributed by atoms with Gasteiger partial charge in [-0.1, -0.05) is 74.7 Å². The lowest BCUT2D eigenvalue weighted by atomic mass is 10.0. The Morgan fingerprint density at radius 2 is 1.49 bits per heavy atom. The fourth-order valence-electron chi connectivity index (χ4n) is 3.61. The third-order valence-corrected chi connectivity index (χ3v) is 6.95. The molecule has 0 saturated heterocycles. The molecule has 0 aliphatic heterocycles. The Morgan fingerprint density at radius 3 is 2.11 bits per heavy atom. The number of ether oxygens (including phenoxy) is 2. The molecule has 0 radical (unpaired) electrons. The van der Waals surface area contributed by atoms with E-state index >= 15 is 0 Å². The van der Waals surface area contributed by atoms with E-state index in [1.165, 1.54) is 0 Å². The predicted molar refractivity (Wildman–Crippen MR) is 139 cm³/mol. The van der Waals surface area contributed by atoms with Gasteiger partial charge in [-0.25, -0.2) is 13.1 Å². The molecule has 0 spiro atoms. The van der Waals surface area contributed by atoms with Crippen LogP contribution in [0.25, 0.3) is 11.1 Å². The average molecular weight is 496 g/mol. The summed E-state index contributed by atoms with van der Waals surface area (Å²) in [6.07, 6.45) is 3.41. The standard InChI is InChI=1S/C28H33NO5S/c1-3-4-5-6-18-35(31,32)29-28(30)25-16-12-23(13-17-25)21-34-20-22-10-14-24(15-11-22)26-8-7-9-27(19-26)33-2/h7-17,19H,3-6,18,20-21H2,1-2H3,(H,29,30). The van der Waals surface area contributed by atoms with Gasteiger partial charge in [0.1, 0.15) is 5.75 Å². The lowest BCUT2D eigenvalue weighted by Gasteiger charge is -2.09. The predicted octanol–water partition coefficient (Wildman–Crippen LogP) is 5.72. The van der Waals surface area contributed by atoms with Crippen molar-refractivity contribution in [1.29, 1.82) is 0 Å². The van der Waals surface area contributed by atoms with Crippen molar-refractivity contribution in [2.75, 3.05) is 12.9 Å². The molecule has 0 bridgehead atoms. The first-order valence-electron chi connectivity index (χ1n) is 11.8. The highest BCUT2D eigenvalue weighted by Gasteiger charge is 2.15. The molecule has 0 heterocycles. The number of amides is 1. The number of sulfonamides is 1. The number of carbonyl (C=O) groups is 1. The highest BCUT2D eigenvalue weighted by Crippen LogP contribution is 2.24. The lowest BCUT2D eigenvalue weighted by Crippen LogP contribution is -2.32. The molecule has 3 aromatic carbocycles. The molecule has 0 atom stereocenters. The minimum Gasteiger partial charge on any atom is -0.497 e. The third kappa shape index (κ3) is 8.53. The van der Waals surface area contributed by atoms with Crippen LogP contribution in [-0.4, -0.2) is 27.2 Å². The molecule has 0 unspecified atom stereocenters. The van der Waals surface area contributed by atoms with Crippen LogP contribution in [0.3, 0.4) is 0 Å². The Balaban J connectivity index is 1.46. The number of carbonyl (C=O) groups excluding carboxylic acids is 1. The van der Waals surface area contributed by atoms with Crippen molar-refractivity contribution < 1.29 is 22.7 Å². The number of methoxy groups -OCH3 is 1. The van der Waals surface area contributed by atoms with Gasteiger partial charge >= 0.3 is 0 Å². The van der Waals surface area contributed by atoms with Gasteiger partial charge in [-0.2, -0.15) is 0 Å². The zero-order chi connectivity index (χ0) is 25.1. The smallest absolute Gasteiger partial charge is 0.264 e. The number of hydrogen-bond donors (Lipinski definition) is 1. The molecular weight excluding hydrogens is 462 g/mol. The van der Waals surface area contributed by atoms with Gasteiger partial charge in [0.15, 0.2) is 0 Å². The summed E-state index contributed by atoms with van der Waals surface area (Å²) in [6, 6.07) is 22.9. The second-order valence-electron chi connectivity index (χ2n) is 8.43. The Kier molecular flexibility index (Phi) is 9.87. The van der Waals surface area contributed by atoms with Crippen molar-refractivity contribution in [1.82, 2.24) is 4.72 Å². The van der Waals surface area contributed by atoms with E-state index in [0.717, 1.165) is 47.3 Å². The quantitative estimate of drug-likeness (QED) is 0.307. The molecule has 3 rings (SSSR count). The highest BCUT2D eigenvalue weighted by atomic mass is 32.2. The highest BCUT2D eigenvalue weighted by molar-refractivity contribution is 7.90. The van der Waals surface area contributed by atoms with Crippen LogP contribution in [0.1, 0.15) is 54.1 Å². The van der Waals surface area contributed by atoms with Gasteiger partial charge < -0.3 is 9.47 Å². The van der Waals surface area contributed by atoms with Gasteiger partial charge in [0, 0.05) is 5.56 Å². The number of nitrogens with one attached hydrogen (secondary N) is 1. The van der Waals surface area contributed by atoms with E-state index in [1.807, 2.05) is 36.4 Å². The maximum atomic E-state index is 12.3. The summed E-state index contributed by atoms with van der Waals surface area (Å²) in [4.78, 5) is 12.3. The van der Waals surface area contributed by atoms with E-state index < -0.39 is 15.9 Å². The Morgan fingerprint density at radius 1 is 0.829 bits per heavy atom. The van der Waals surface area contributed by atoms with Crippen LogP contribution in [0.4, 0.5) is 0 Å². The Labute approximate surface area is 208 Å². The van der Waals surface area contributed by atoms with Gasteiger partial charge in [-0.15, -0.1) is 0 Å². The number of rotatable bonds is 13. The summed E-state index contributed by atoms with van der Waals surface area (Å²) < 4.78 is 37.4. The van der Waals surface area contributed by atoms with Crippen molar-refractivity contribution in [2.45, 2.75) is 45.8 Å². The Bertz CT molecular complexity index is 1190. The van der Waals surface area contributed by atoms with E-state index in [1.54, 1.807) is 31.4 Å². The average Bonchev–Trinajstić information content (AvgIpc) is 2.87. The molecule has 0 aliphatic rings. The molecule has 186 valence electrons. The topological polar surface area (TPSA) is 81.7 Å². The molecule has 1 amide bonds. The van der Waals surface area contributed by atoms with Crippen LogP contribution in [-0.2, 0) is 28.0 Å². The monoisotopic (exact) mass is 495 g/mol. The molecule has 0 aliphatic carbocycles. The van der Waals surface area contributed by atoms with Crippen molar-refractivity contribution in [3.8, 4) is 16.9 Å². The molecule has 6 nitrogen and oxygen atoms in total. The van der Waals surface area contributed by atoms with Gasteiger partial charge in [-0.3, -0.25) is 4.79 Å². The SMILES string of the molecule is CCCCCCS(=O)(=O)NC(=O)c1ccc(COCc2ccc(-c3cccc(OC)c3)cc2)cc1. The van der Waals surface area contributed by atoms with Crippen molar-refractivity contribution >= 4 is 15.9 Å². The molecule has 7 heteroatoms. The largest absolute Gasteiger partial charge is 0.497 e. The van der Waals surface area contributed by atoms with Crippen LogP contribution in [0.2, 0.25) is 0 Å². The minimum absolute atomic E-state index is 0.0365. The molecule has 3 aromatic rings. The summed E-state index contributed by atoms with van der Waals surface area (Å²) in [6.45, 7) is 2.90. The third-order valence-electron chi connectivity index (χ3n) is 5.63. The van der Waals surface area contributed by atoms with Crippen molar-refractivity contribution in [3.05, 3.63) is 89.5 Å². The second-order valence-corrected chi connectivity index (χ2v) is 10.3. The second kappa shape index (κ2) is 13.1. The van der Waals surface area contributed by atoms with E-state index in [4.69, 9.17) is 9.47 Å². The van der Waals surface area contributed by atoms with Crippen molar-refractivity contribution in [2.24, 2.45) is 0 Å². The summed E-state index contributed by atoms with van der Waals surface area (Å²) in [5.74, 6) is 0.178. The molecule has 0 saturated carbocycles. The fraction of sp³-hybridized carbons (Fsp3) is 0.321. The van der Waals surface area contributed by atoms with Crippen LogP contribution in [0, 0.1) is 0 Å². The maximum Gasteiger partial charge on any atom is 0.264 e. The number of benzene rings is 3. The zero-order valence-corrected chi connectivity index (χ0v) is 21.1. The van der Waals surface area contributed by atoms with Crippen LogP contribution in [0.5, 0.6) is 5.75 Å². The maximum absolute atomic E-state index is 12.3. The molecule has 0 aromatic heterocycles. The summed E-state index contributed by atoms with van der Waals surface area (Å²) in [7, 11) is -1.96. The summed E-state index contributed by atoms with van der Waals surface area (Å²) in [5.41, 5.74) is 4.45. The first-order chi connectivity index (χ1) is 16.9. The molecular formula is C28H33NO5S. The van der Waals surface area contributed by atoms with Crippen molar-refractivity contribution in [3.63, 3.8) is 0 Å². The number of hydrogen-bond acceptors (Lipinski definition) is 5. The van der Waals surface area contributed by atoms with Gasteiger partial charge in [0.05, 0.1) is 26.1 Å². The zero-order valence-electron chi connectivity index (χ0n) is 20.3. The normalized spacial score (nSPS) is 11.3. The van der Waals surface area contributed by atoms with Gasteiger partial charge in [-0.05, 0) is 52.9 Å². The summed E-state index contributed by atoms with van der Waals surface area (Å²) >= 11 is 0. The Hall–Kier alpha value is -3.16. The van der Waals surface area contributed by atoms with Crippen LogP contribution >= 0.6 is 0 Å². The molecule has 35 heavy (non-hydrogen) atoms. The van der Waals surface area contributed by atoms with E-state index in [-0.39, 0.29) is 5.75 Å². The van der Waals surface area contributed by atoms with Gasteiger partial charge in [0.25, 0.3) is 5.91 Å². The van der Waals surface area contributed by atoms with Crippen LogP contribution < -0.4 is 9.46 Å². The van der Waals surface area contributed by atoms with E-state index in [9.17, 15) is 13.2 Å². The lowest BCUT2D eigenvalue weighted by molar-refractivity contribution is 0.0980. The van der Waals surface area contributed by atoms with Crippen LogP contribution in [0.15, 0.2) is 72.8 Å².